The molecule has 0 bridgehead atoms. The molecule has 0 fully saturated rings. The van der Waals surface area contributed by atoms with E-state index in [4.69, 9.17) is 10.00 Å². The Morgan fingerprint density at radius 1 is 1.04 bits per heavy atom. The summed E-state index contributed by atoms with van der Waals surface area (Å²) in [5.74, 6) is 1.63. The number of pyridine rings is 1. The van der Waals surface area contributed by atoms with E-state index in [0.717, 1.165) is 11.3 Å². The molecule has 0 amide bonds. The van der Waals surface area contributed by atoms with Gasteiger partial charge in [-0.15, -0.1) is 0 Å². The predicted octanol–water partition coefficient (Wildman–Crippen LogP) is 4.28. The summed E-state index contributed by atoms with van der Waals surface area (Å²) in [7, 11) is 0. The van der Waals surface area contributed by atoms with Crippen molar-refractivity contribution in [3.63, 3.8) is 0 Å². The number of aromatic nitrogens is 3. The van der Waals surface area contributed by atoms with E-state index in [1.807, 2.05) is 36.4 Å². The lowest BCUT2D eigenvalue weighted by Crippen LogP contribution is -2.31. The van der Waals surface area contributed by atoms with Crippen LogP contribution in [0.25, 0.3) is 0 Å². The smallest absolute Gasteiger partial charge is 0.166 e. The van der Waals surface area contributed by atoms with Crippen molar-refractivity contribution in [2.24, 2.45) is 5.92 Å². The highest BCUT2D eigenvalue weighted by Crippen LogP contribution is 2.38. The van der Waals surface area contributed by atoms with E-state index in [0.29, 0.717) is 29.7 Å². The minimum atomic E-state index is -0.269. The van der Waals surface area contributed by atoms with Gasteiger partial charge in [0.1, 0.15) is 12.4 Å². The predicted molar refractivity (Wildman–Crippen MR) is 103 cm³/mol. The van der Waals surface area contributed by atoms with E-state index in [2.05, 4.69) is 41.8 Å². The molecule has 0 saturated carbocycles. The lowest BCUT2D eigenvalue weighted by Gasteiger charge is -2.34. The minimum absolute atomic E-state index is 0.269. The van der Waals surface area contributed by atoms with Crippen LogP contribution < -0.4 is 4.74 Å². The molecule has 0 N–H and O–H groups in total. The molecule has 0 radical (unpaired) electrons. The number of ether oxygens (including phenoxy) is 1. The van der Waals surface area contributed by atoms with E-state index in [1.54, 1.807) is 24.7 Å². The molecule has 136 valence electrons. The molecule has 0 spiro atoms. The van der Waals surface area contributed by atoms with Crippen LogP contribution in [0.5, 0.6) is 5.75 Å². The van der Waals surface area contributed by atoms with Gasteiger partial charge < -0.3 is 4.74 Å². The van der Waals surface area contributed by atoms with Crippen LogP contribution in [0, 0.1) is 17.2 Å². The zero-order chi connectivity index (χ0) is 19.3. The highest BCUT2D eigenvalue weighted by atomic mass is 16.5. The summed E-state index contributed by atoms with van der Waals surface area (Å²) in [5.41, 5.74) is 2.49. The molecule has 1 aromatic carbocycles. The number of nitriles is 1. The van der Waals surface area contributed by atoms with E-state index < -0.39 is 0 Å². The second-order valence-electron chi connectivity index (χ2n) is 6.88. The molecule has 0 aliphatic heterocycles. The van der Waals surface area contributed by atoms with Crippen molar-refractivity contribution < 1.29 is 4.74 Å². The molecular weight excluding hydrogens is 336 g/mol. The van der Waals surface area contributed by atoms with Crippen LogP contribution in [0.3, 0.4) is 0 Å². The Labute approximate surface area is 159 Å². The zero-order valence-corrected chi connectivity index (χ0v) is 15.8. The fraction of sp³-hybridized carbons (Fsp3) is 0.273. The van der Waals surface area contributed by atoms with Crippen LogP contribution in [-0.4, -0.2) is 15.0 Å². The van der Waals surface area contributed by atoms with Gasteiger partial charge >= 0.3 is 0 Å². The highest BCUT2D eigenvalue weighted by molar-refractivity contribution is 5.40. The van der Waals surface area contributed by atoms with Crippen molar-refractivity contribution in [1.29, 1.82) is 5.26 Å². The Balaban J connectivity index is 1.82. The third-order valence-corrected chi connectivity index (χ3v) is 5.02. The summed E-state index contributed by atoms with van der Waals surface area (Å²) in [6.07, 6.45) is 5.12. The number of benzene rings is 1. The van der Waals surface area contributed by atoms with Gasteiger partial charge in [0.05, 0.1) is 23.5 Å². The van der Waals surface area contributed by atoms with Gasteiger partial charge in [-0.05, 0) is 48.7 Å². The first-order valence-corrected chi connectivity index (χ1v) is 8.90. The number of hydrogen-bond acceptors (Lipinski definition) is 5. The molecular formula is C22H22N4O. The molecule has 3 aromatic rings. The molecule has 1 atom stereocenters. The Morgan fingerprint density at radius 3 is 2.30 bits per heavy atom. The van der Waals surface area contributed by atoms with Crippen molar-refractivity contribution in [3.05, 3.63) is 83.7 Å². The Kier molecular flexibility index (Phi) is 5.46. The van der Waals surface area contributed by atoms with Gasteiger partial charge in [-0.25, -0.2) is 9.97 Å². The third-order valence-electron chi connectivity index (χ3n) is 5.02. The Morgan fingerprint density at radius 2 is 1.74 bits per heavy atom. The van der Waals surface area contributed by atoms with Crippen LogP contribution >= 0.6 is 0 Å². The Bertz CT molecular complexity index is 915. The van der Waals surface area contributed by atoms with Gasteiger partial charge in [-0.2, -0.15) is 5.26 Å². The zero-order valence-electron chi connectivity index (χ0n) is 15.8. The summed E-state index contributed by atoms with van der Waals surface area (Å²) >= 11 is 0. The van der Waals surface area contributed by atoms with Gasteiger partial charge in [0.15, 0.2) is 5.82 Å². The monoisotopic (exact) mass is 358 g/mol. The average Bonchev–Trinajstić information content (AvgIpc) is 2.72. The highest BCUT2D eigenvalue weighted by Gasteiger charge is 2.33. The van der Waals surface area contributed by atoms with Gasteiger partial charge in [-0.1, -0.05) is 26.0 Å². The summed E-state index contributed by atoms with van der Waals surface area (Å²) < 4.78 is 5.73. The standard InChI is InChI=1S/C22H22N4O/c1-16(2)22(3,18-7-5-17(13-23)6-8-18)20-10-9-19(14-26-20)27-15-21-24-11-4-12-25-21/h4-12,14,16H,15H2,1-3H3. The molecule has 5 heteroatoms. The van der Waals surface area contributed by atoms with Crippen LogP contribution in [-0.2, 0) is 12.0 Å². The van der Waals surface area contributed by atoms with Crippen molar-refractivity contribution >= 4 is 0 Å². The number of rotatable bonds is 6. The summed E-state index contributed by atoms with van der Waals surface area (Å²) in [6, 6.07) is 15.6. The van der Waals surface area contributed by atoms with Crippen molar-refractivity contribution in [2.75, 3.05) is 0 Å². The first-order chi connectivity index (χ1) is 13.0. The SMILES string of the molecule is CC(C)C(C)(c1ccc(C#N)cc1)c1ccc(OCc2ncccn2)cn1. The average molecular weight is 358 g/mol. The largest absolute Gasteiger partial charge is 0.484 e. The first kappa shape index (κ1) is 18.5. The summed E-state index contributed by atoms with van der Waals surface area (Å²) in [5, 5.41) is 9.04. The van der Waals surface area contributed by atoms with E-state index >= 15 is 0 Å². The van der Waals surface area contributed by atoms with Crippen molar-refractivity contribution in [3.8, 4) is 11.8 Å². The third kappa shape index (κ3) is 3.95. The quantitative estimate of drug-likeness (QED) is 0.657. The molecule has 2 aromatic heterocycles. The maximum Gasteiger partial charge on any atom is 0.166 e. The fourth-order valence-corrected chi connectivity index (χ4v) is 2.99. The lowest BCUT2D eigenvalue weighted by atomic mass is 9.70. The normalized spacial score (nSPS) is 13.0. The summed E-state index contributed by atoms with van der Waals surface area (Å²) in [4.78, 5) is 13.0. The van der Waals surface area contributed by atoms with E-state index in [-0.39, 0.29) is 5.41 Å². The summed E-state index contributed by atoms with van der Waals surface area (Å²) in [6.45, 7) is 6.84. The second-order valence-corrected chi connectivity index (χ2v) is 6.88. The van der Waals surface area contributed by atoms with Gasteiger partial charge in [0, 0.05) is 17.8 Å². The molecule has 1 unspecified atom stereocenters. The number of nitrogens with zero attached hydrogens (tertiary/aromatic N) is 4. The van der Waals surface area contributed by atoms with Crippen LogP contribution in [0.4, 0.5) is 0 Å². The fourth-order valence-electron chi connectivity index (χ4n) is 2.99. The van der Waals surface area contributed by atoms with Crippen LogP contribution in [0.15, 0.2) is 61.1 Å². The van der Waals surface area contributed by atoms with E-state index in [1.165, 1.54) is 0 Å². The minimum Gasteiger partial charge on any atom is -0.484 e. The van der Waals surface area contributed by atoms with Gasteiger partial charge in [-0.3, -0.25) is 4.98 Å². The van der Waals surface area contributed by atoms with Crippen LogP contribution in [0.1, 0.15) is 43.4 Å². The van der Waals surface area contributed by atoms with E-state index in [9.17, 15) is 0 Å². The Hall–Kier alpha value is -3.26. The second kappa shape index (κ2) is 7.96. The topological polar surface area (TPSA) is 71.7 Å². The molecule has 0 saturated heterocycles. The van der Waals surface area contributed by atoms with Crippen LogP contribution in [0.2, 0.25) is 0 Å². The number of hydrogen-bond donors (Lipinski definition) is 0. The van der Waals surface area contributed by atoms with Crippen molar-refractivity contribution in [1.82, 2.24) is 15.0 Å². The molecule has 2 heterocycles. The molecule has 0 aliphatic carbocycles. The van der Waals surface area contributed by atoms with Gasteiger partial charge in [0.25, 0.3) is 0 Å². The van der Waals surface area contributed by atoms with Crippen molar-refractivity contribution in [2.45, 2.75) is 32.8 Å². The lowest BCUT2D eigenvalue weighted by molar-refractivity contribution is 0.293. The molecule has 3 rings (SSSR count). The maximum absolute atomic E-state index is 9.04. The molecule has 27 heavy (non-hydrogen) atoms. The molecule has 0 aliphatic rings. The maximum atomic E-state index is 9.04. The first-order valence-electron chi connectivity index (χ1n) is 8.90. The van der Waals surface area contributed by atoms with Gasteiger partial charge in [0.2, 0.25) is 0 Å². The molecule has 5 nitrogen and oxygen atoms in total.